The van der Waals surface area contributed by atoms with Crippen LogP contribution in [0.1, 0.15) is 52.5 Å². The highest BCUT2D eigenvalue weighted by atomic mass is 32.2. The van der Waals surface area contributed by atoms with Gasteiger partial charge in [-0.15, -0.1) is 0 Å². The lowest BCUT2D eigenvalue weighted by molar-refractivity contribution is -0.117. The van der Waals surface area contributed by atoms with E-state index in [1.165, 1.54) is 17.3 Å². The second-order valence-corrected chi connectivity index (χ2v) is 12.7. The lowest BCUT2D eigenvalue weighted by Crippen LogP contribution is -2.37. The summed E-state index contributed by atoms with van der Waals surface area (Å²) in [7, 11) is -3.12. The van der Waals surface area contributed by atoms with Gasteiger partial charge in [-0.3, -0.25) is 4.79 Å². The molecule has 0 aliphatic carbocycles. The van der Waals surface area contributed by atoms with Gasteiger partial charge in [0.2, 0.25) is 5.91 Å². The van der Waals surface area contributed by atoms with Gasteiger partial charge >= 0.3 is 6.09 Å². The van der Waals surface area contributed by atoms with Crippen molar-refractivity contribution in [3.05, 3.63) is 29.8 Å². The first-order chi connectivity index (χ1) is 14.8. The number of ether oxygens (including phenoxy) is 1. The van der Waals surface area contributed by atoms with Crippen molar-refractivity contribution in [3.8, 4) is 0 Å². The summed E-state index contributed by atoms with van der Waals surface area (Å²) in [4.78, 5) is 30.4. The van der Waals surface area contributed by atoms with Gasteiger partial charge in [0, 0.05) is 23.9 Å². The largest absolute Gasteiger partial charge is 0.444 e. The molecule has 1 N–H and O–H groups in total. The number of rotatable bonds is 5. The van der Waals surface area contributed by atoms with Gasteiger partial charge in [0.15, 0.2) is 15.0 Å². The van der Waals surface area contributed by atoms with Crippen molar-refractivity contribution < 1.29 is 22.7 Å². The summed E-state index contributed by atoms with van der Waals surface area (Å²) in [6.45, 7) is 9.62. The van der Waals surface area contributed by atoms with E-state index >= 15 is 0 Å². The SMILES string of the molecule is CC(C)c1ccc(N2C(=NC(=O)CCNC(=O)OC(C)(C)C)S[C@@H]3CS(=O)(=O)C[C@H]32)cc1. The molecule has 2 fully saturated rings. The number of sulfone groups is 1. The molecule has 0 aromatic heterocycles. The van der Waals surface area contributed by atoms with E-state index in [0.717, 1.165) is 5.69 Å². The molecule has 2 atom stereocenters. The topological polar surface area (TPSA) is 105 Å². The molecule has 32 heavy (non-hydrogen) atoms. The molecule has 0 radical (unpaired) electrons. The monoisotopic (exact) mass is 481 g/mol. The van der Waals surface area contributed by atoms with E-state index < -0.39 is 21.5 Å². The standard InChI is InChI=1S/C22H31N3O5S2/c1-14(2)15-6-8-16(9-7-15)25-17-12-32(28,29)13-18(17)31-20(25)24-19(26)10-11-23-21(27)30-22(3,4)5/h6-9,14,17-18H,10-13H2,1-5H3,(H,23,27)/t17-,18-/m1/s1. The lowest BCUT2D eigenvalue weighted by atomic mass is 10.0. The maximum Gasteiger partial charge on any atom is 0.407 e. The number of hydrogen-bond donors (Lipinski definition) is 1. The van der Waals surface area contributed by atoms with Crippen LogP contribution in [-0.2, 0) is 19.4 Å². The first-order valence-electron chi connectivity index (χ1n) is 10.7. The van der Waals surface area contributed by atoms with Gasteiger partial charge in [0.25, 0.3) is 0 Å². The van der Waals surface area contributed by atoms with Crippen molar-refractivity contribution in [1.29, 1.82) is 0 Å². The third-order valence-corrected chi connectivity index (χ3v) is 8.34. The Morgan fingerprint density at radius 1 is 1.22 bits per heavy atom. The minimum Gasteiger partial charge on any atom is -0.444 e. The molecular formula is C22H31N3O5S2. The predicted octanol–water partition coefficient (Wildman–Crippen LogP) is 3.33. The minimum absolute atomic E-state index is 0.0249. The van der Waals surface area contributed by atoms with Crippen molar-refractivity contribution >= 4 is 44.5 Å². The summed E-state index contributed by atoms with van der Waals surface area (Å²) in [5.74, 6) is 0.124. The number of carbonyl (C=O) groups excluding carboxylic acids is 2. The number of hydrogen-bond acceptors (Lipinski definition) is 6. The Morgan fingerprint density at radius 2 is 1.88 bits per heavy atom. The first kappa shape index (κ1) is 24.6. The molecule has 2 amide bonds. The number of nitrogens with zero attached hydrogens (tertiary/aromatic N) is 2. The van der Waals surface area contributed by atoms with Crippen molar-refractivity contribution in [1.82, 2.24) is 5.32 Å². The Morgan fingerprint density at radius 3 is 2.47 bits per heavy atom. The zero-order valence-electron chi connectivity index (χ0n) is 19.1. The molecule has 0 bridgehead atoms. The van der Waals surface area contributed by atoms with Crippen LogP contribution in [0.4, 0.5) is 10.5 Å². The number of thioether (sulfide) groups is 1. The van der Waals surface area contributed by atoms with E-state index in [4.69, 9.17) is 4.74 Å². The number of carbonyl (C=O) groups is 2. The van der Waals surface area contributed by atoms with Gasteiger partial charge in [0.1, 0.15) is 5.60 Å². The first-order valence-corrected chi connectivity index (χ1v) is 13.4. The lowest BCUT2D eigenvalue weighted by Gasteiger charge is -2.25. The summed E-state index contributed by atoms with van der Waals surface area (Å²) < 4.78 is 29.6. The van der Waals surface area contributed by atoms with E-state index in [9.17, 15) is 18.0 Å². The van der Waals surface area contributed by atoms with Crippen LogP contribution < -0.4 is 10.2 Å². The van der Waals surface area contributed by atoms with Crippen molar-refractivity contribution in [2.24, 2.45) is 4.99 Å². The summed E-state index contributed by atoms with van der Waals surface area (Å²) in [5.41, 5.74) is 1.39. The Bertz CT molecular complexity index is 997. The quantitative estimate of drug-likeness (QED) is 0.688. The van der Waals surface area contributed by atoms with Gasteiger partial charge in [-0.25, -0.2) is 13.2 Å². The van der Waals surface area contributed by atoms with E-state index in [-0.39, 0.29) is 41.7 Å². The fourth-order valence-corrected chi connectivity index (χ4v) is 7.57. The van der Waals surface area contributed by atoms with E-state index in [1.54, 1.807) is 20.8 Å². The van der Waals surface area contributed by atoms with Crippen LogP contribution in [0.2, 0.25) is 0 Å². The van der Waals surface area contributed by atoms with Crippen molar-refractivity contribution in [2.75, 3.05) is 23.0 Å². The number of anilines is 1. The normalized spacial score (nSPS) is 23.4. The molecule has 2 saturated heterocycles. The molecule has 0 spiro atoms. The van der Waals surface area contributed by atoms with Crippen molar-refractivity contribution in [3.63, 3.8) is 0 Å². The number of nitrogens with one attached hydrogen (secondary N) is 1. The predicted molar refractivity (Wildman–Crippen MR) is 128 cm³/mol. The van der Waals surface area contributed by atoms with Gasteiger partial charge in [0.05, 0.1) is 17.5 Å². The third-order valence-electron chi connectivity index (χ3n) is 5.13. The van der Waals surface area contributed by atoms with E-state index in [0.29, 0.717) is 11.1 Å². The van der Waals surface area contributed by atoms with Gasteiger partial charge in [-0.2, -0.15) is 4.99 Å². The summed E-state index contributed by atoms with van der Waals surface area (Å²) in [6.07, 6.45) is -0.559. The minimum atomic E-state index is -3.12. The van der Waals surface area contributed by atoms with Crippen LogP contribution in [0.5, 0.6) is 0 Å². The highest BCUT2D eigenvalue weighted by molar-refractivity contribution is 8.16. The molecule has 0 saturated carbocycles. The smallest absolute Gasteiger partial charge is 0.407 e. The molecule has 1 aromatic rings. The summed E-state index contributed by atoms with van der Waals surface area (Å²) in [5, 5.41) is 2.91. The maximum atomic E-state index is 12.5. The molecule has 2 aliphatic rings. The van der Waals surface area contributed by atoms with Crippen LogP contribution in [0.15, 0.2) is 29.3 Å². The number of benzene rings is 1. The van der Waals surface area contributed by atoms with Gasteiger partial charge in [-0.1, -0.05) is 37.7 Å². The van der Waals surface area contributed by atoms with Gasteiger partial charge < -0.3 is 15.0 Å². The van der Waals surface area contributed by atoms with Crippen molar-refractivity contribution in [2.45, 2.75) is 63.9 Å². The molecule has 2 heterocycles. The number of aliphatic imine (C=N–C) groups is 1. The number of alkyl carbamates (subject to hydrolysis) is 1. The van der Waals surface area contributed by atoms with E-state index in [2.05, 4.69) is 24.2 Å². The van der Waals surface area contributed by atoms with Crippen LogP contribution in [0.25, 0.3) is 0 Å². The van der Waals surface area contributed by atoms with Crippen LogP contribution in [-0.4, -0.2) is 60.5 Å². The molecule has 0 unspecified atom stereocenters. The van der Waals surface area contributed by atoms with Gasteiger partial charge in [-0.05, 0) is 44.4 Å². The molecule has 10 heteroatoms. The molecular weight excluding hydrogens is 450 g/mol. The van der Waals surface area contributed by atoms with Crippen LogP contribution in [0, 0.1) is 0 Å². The molecule has 1 aromatic carbocycles. The Hall–Kier alpha value is -2.07. The molecule has 2 aliphatic heterocycles. The average molecular weight is 482 g/mol. The zero-order valence-corrected chi connectivity index (χ0v) is 20.8. The highest BCUT2D eigenvalue weighted by Gasteiger charge is 2.49. The van der Waals surface area contributed by atoms with Crippen LogP contribution >= 0.6 is 11.8 Å². The second-order valence-electron chi connectivity index (χ2n) is 9.38. The highest BCUT2D eigenvalue weighted by Crippen LogP contribution is 2.41. The summed E-state index contributed by atoms with van der Waals surface area (Å²) in [6, 6.07) is 7.69. The number of amides is 2. The Kier molecular flexibility index (Phi) is 7.24. The zero-order chi connectivity index (χ0) is 23.7. The maximum absolute atomic E-state index is 12.5. The average Bonchev–Trinajstić information content (AvgIpc) is 3.10. The van der Waals surface area contributed by atoms with E-state index in [1.807, 2.05) is 29.2 Å². The second kappa shape index (κ2) is 9.43. The molecule has 8 nitrogen and oxygen atoms in total. The fourth-order valence-electron chi connectivity index (χ4n) is 3.63. The fraction of sp³-hybridized carbons (Fsp3) is 0.591. The molecule has 176 valence electrons. The summed E-state index contributed by atoms with van der Waals surface area (Å²) >= 11 is 1.34. The third kappa shape index (κ3) is 6.25. The number of fused-ring (bicyclic) bond motifs is 1. The Balaban J connectivity index is 1.73. The Labute approximate surface area is 194 Å². The number of amidine groups is 1. The molecule has 3 rings (SSSR count). The van der Waals surface area contributed by atoms with Crippen LogP contribution in [0.3, 0.4) is 0 Å².